The average molecular weight is 376 g/mol. The van der Waals surface area contributed by atoms with E-state index in [4.69, 9.17) is 9.73 Å². The maximum absolute atomic E-state index is 5.94. The van der Waals surface area contributed by atoms with E-state index in [-0.39, 0.29) is 5.41 Å². The third-order valence-electron chi connectivity index (χ3n) is 6.48. The van der Waals surface area contributed by atoms with Crippen molar-refractivity contribution in [2.24, 2.45) is 10.4 Å². The molecule has 2 N–H and O–H groups in total. The number of hydrogen-bond acceptors (Lipinski definition) is 3. The van der Waals surface area contributed by atoms with Crippen molar-refractivity contribution in [3.05, 3.63) is 58.7 Å². The quantitative estimate of drug-likeness (QED) is 0.825. The van der Waals surface area contributed by atoms with Gasteiger partial charge in [0.1, 0.15) is 11.6 Å². The van der Waals surface area contributed by atoms with Gasteiger partial charge in [0.25, 0.3) is 0 Å². The highest BCUT2D eigenvalue weighted by Crippen LogP contribution is 2.43. The fourth-order valence-corrected chi connectivity index (χ4v) is 4.92. The van der Waals surface area contributed by atoms with E-state index in [1.165, 1.54) is 33.8 Å². The number of aliphatic imine (C=N–C) groups is 1. The molecule has 4 nitrogen and oxygen atoms in total. The summed E-state index contributed by atoms with van der Waals surface area (Å²) in [5, 5.41) is 7.28. The minimum atomic E-state index is 0.116. The summed E-state index contributed by atoms with van der Waals surface area (Å²) in [7, 11) is 0. The zero-order valence-corrected chi connectivity index (χ0v) is 16.7. The van der Waals surface area contributed by atoms with Gasteiger partial charge in [0, 0.05) is 11.1 Å². The molecule has 1 saturated heterocycles. The number of hydrogen-bond donors (Lipinski definition) is 2. The Morgan fingerprint density at radius 2 is 2.00 bits per heavy atom. The molecule has 2 aromatic rings. The van der Waals surface area contributed by atoms with Crippen LogP contribution in [0.25, 0.3) is 0 Å². The Labute approximate surface area is 167 Å². The molecule has 0 unspecified atom stereocenters. The van der Waals surface area contributed by atoms with Gasteiger partial charge in [-0.05, 0) is 80.9 Å². The van der Waals surface area contributed by atoms with Crippen LogP contribution in [-0.2, 0) is 19.4 Å². The normalized spacial score (nSPS) is 21.5. The molecule has 4 heteroatoms. The Morgan fingerprint density at radius 1 is 1.11 bits per heavy atom. The number of fused-ring (bicyclic) bond motifs is 2. The van der Waals surface area contributed by atoms with E-state index >= 15 is 0 Å². The first-order valence-electron chi connectivity index (χ1n) is 10.6. The summed E-state index contributed by atoms with van der Waals surface area (Å²) < 4.78 is 5.94. The van der Waals surface area contributed by atoms with Gasteiger partial charge in [-0.2, -0.15) is 0 Å². The summed E-state index contributed by atoms with van der Waals surface area (Å²) in [6, 6.07) is 13.3. The molecule has 1 spiro atoms. The van der Waals surface area contributed by atoms with Gasteiger partial charge in [-0.3, -0.25) is 4.99 Å². The highest BCUT2D eigenvalue weighted by Gasteiger charge is 2.41. The second-order valence-corrected chi connectivity index (χ2v) is 8.56. The van der Waals surface area contributed by atoms with Gasteiger partial charge in [-0.1, -0.05) is 29.8 Å². The second kappa shape index (κ2) is 7.25. The lowest BCUT2D eigenvalue weighted by atomic mass is 9.70. The van der Waals surface area contributed by atoms with Crippen LogP contribution in [0, 0.1) is 12.3 Å². The minimum Gasteiger partial charge on any atom is -0.493 e. The van der Waals surface area contributed by atoms with E-state index < -0.39 is 0 Å². The predicted molar refractivity (Wildman–Crippen MR) is 114 cm³/mol. The van der Waals surface area contributed by atoms with Gasteiger partial charge >= 0.3 is 0 Å². The van der Waals surface area contributed by atoms with Crippen LogP contribution in [0.15, 0.2) is 41.4 Å². The van der Waals surface area contributed by atoms with Crippen molar-refractivity contribution in [2.45, 2.75) is 45.6 Å². The van der Waals surface area contributed by atoms with Crippen LogP contribution in [-0.4, -0.2) is 25.5 Å². The molecule has 0 aromatic heterocycles. The standard InChI is InChI=1S/C24H29N3O/c1-17-4-2-5-18(12-17)16-26-23-24(7-9-25-10-8-24)15-20-14-22-19(6-3-11-28-22)13-21(20)27-23/h2,4-5,12-14,25H,3,6-11,15-16H2,1H3,(H,26,27). The van der Waals surface area contributed by atoms with E-state index in [0.29, 0.717) is 0 Å². The summed E-state index contributed by atoms with van der Waals surface area (Å²) in [5.41, 5.74) is 6.64. The lowest BCUT2D eigenvalue weighted by molar-refractivity contribution is 0.282. The molecule has 3 aliphatic rings. The van der Waals surface area contributed by atoms with Crippen LogP contribution >= 0.6 is 0 Å². The molecule has 2 aromatic carbocycles. The van der Waals surface area contributed by atoms with Crippen molar-refractivity contribution in [2.75, 3.05) is 25.0 Å². The number of ether oxygens (including phenoxy) is 1. The molecule has 3 heterocycles. The lowest BCUT2D eigenvalue weighted by Crippen LogP contribution is -2.48. The monoisotopic (exact) mass is 375 g/mol. The molecule has 28 heavy (non-hydrogen) atoms. The topological polar surface area (TPSA) is 45.7 Å². The number of nitrogens with one attached hydrogen (secondary N) is 2. The SMILES string of the molecule is Cc1cccc(CN=C2Nc3cc4c(cc3CC23CCNCC3)OCCC4)c1. The number of aryl methyl sites for hydroxylation is 2. The fraction of sp³-hybridized carbons (Fsp3) is 0.458. The second-order valence-electron chi connectivity index (χ2n) is 8.56. The van der Waals surface area contributed by atoms with Crippen LogP contribution in [0.5, 0.6) is 5.75 Å². The number of rotatable bonds is 2. The van der Waals surface area contributed by atoms with Crippen LogP contribution in [0.4, 0.5) is 5.69 Å². The first kappa shape index (κ1) is 17.7. The zero-order valence-electron chi connectivity index (χ0n) is 16.7. The van der Waals surface area contributed by atoms with Crippen LogP contribution in [0.3, 0.4) is 0 Å². The average Bonchev–Trinajstić information content (AvgIpc) is 2.71. The molecule has 0 aliphatic carbocycles. The van der Waals surface area contributed by atoms with Crippen LogP contribution in [0.1, 0.15) is 41.5 Å². The van der Waals surface area contributed by atoms with Crippen molar-refractivity contribution >= 4 is 11.5 Å². The molecule has 1 fully saturated rings. The van der Waals surface area contributed by atoms with Gasteiger partial charge < -0.3 is 15.4 Å². The number of amidine groups is 1. The summed E-state index contributed by atoms with van der Waals surface area (Å²) in [4.78, 5) is 5.13. The summed E-state index contributed by atoms with van der Waals surface area (Å²) in [6.07, 6.45) is 5.53. The maximum Gasteiger partial charge on any atom is 0.122 e. The number of nitrogens with zero attached hydrogens (tertiary/aromatic N) is 1. The highest BCUT2D eigenvalue weighted by molar-refractivity contribution is 6.03. The van der Waals surface area contributed by atoms with Crippen LogP contribution in [0.2, 0.25) is 0 Å². The summed E-state index contributed by atoms with van der Waals surface area (Å²) in [6.45, 7) is 5.84. The van der Waals surface area contributed by atoms with Gasteiger partial charge in [0.05, 0.1) is 13.2 Å². The molecule has 146 valence electrons. The molecule has 0 radical (unpaired) electrons. The lowest BCUT2D eigenvalue weighted by Gasteiger charge is -2.43. The summed E-state index contributed by atoms with van der Waals surface area (Å²) in [5.74, 6) is 2.27. The molecule has 0 atom stereocenters. The smallest absolute Gasteiger partial charge is 0.122 e. The van der Waals surface area contributed by atoms with E-state index in [1.54, 1.807) is 0 Å². The predicted octanol–water partition coefficient (Wildman–Crippen LogP) is 4.26. The molecular formula is C24H29N3O. The zero-order chi connectivity index (χ0) is 19.0. The Bertz CT molecular complexity index is 912. The Balaban J connectivity index is 1.50. The van der Waals surface area contributed by atoms with E-state index in [2.05, 4.69) is 54.0 Å². The molecule has 5 rings (SSSR count). The van der Waals surface area contributed by atoms with E-state index in [9.17, 15) is 0 Å². The third kappa shape index (κ3) is 3.30. The van der Waals surface area contributed by atoms with Crippen LogP contribution < -0.4 is 15.4 Å². The summed E-state index contributed by atoms with van der Waals surface area (Å²) >= 11 is 0. The van der Waals surface area contributed by atoms with Gasteiger partial charge in [-0.25, -0.2) is 0 Å². The minimum absolute atomic E-state index is 0.116. The Kier molecular flexibility index (Phi) is 4.59. The molecular weight excluding hydrogens is 346 g/mol. The fourth-order valence-electron chi connectivity index (χ4n) is 4.92. The largest absolute Gasteiger partial charge is 0.493 e. The van der Waals surface area contributed by atoms with Gasteiger partial charge in [-0.15, -0.1) is 0 Å². The van der Waals surface area contributed by atoms with Crippen molar-refractivity contribution in [1.82, 2.24) is 5.32 Å². The van der Waals surface area contributed by atoms with Crippen molar-refractivity contribution in [3.8, 4) is 5.75 Å². The molecule has 0 bridgehead atoms. The van der Waals surface area contributed by atoms with Crippen molar-refractivity contribution in [3.63, 3.8) is 0 Å². The number of anilines is 1. The van der Waals surface area contributed by atoms with Crippen molar-refractivity contribution in [1.29, 1.82) is 0 Å². The highest BCUT2D eigenvalue weighted by atomic mass is 16.5. The van der Waals surface area contributed by atoms with Crippen molar-refractivity contribution < 1.29 is 4.74 Å². The van der Waals surface area contributed by atoms with E-state index in [1.807, 2.05) is 0 Å². The number of piperidine rings is 1. The van der Waals surface area contributed by atoms with E-state index in [0.717, 1.165) is 64.1 Å². The molecule has 0 saturated carbocycles. The van der Waals surface area contributed by atoms with Gasteiger partial charge in [0.15, 0.2) is 0 Å². The third-order valence-corrected chi connectivity index (χ3v) is 6.48. The Morgan fingerprint density at radius 3 is 2.86 bits per heavy atom. The first-order chi connectivity index (χ1) is 13.7. The maximum atomic E-state index is 5.94. The van der Waals surface area contributed by atoms with Gasteiger partial charge in [0.2, 0.25) is 0 Å². The number of benzene rings is 2. The Hall–Kier alpha value is -2.33. The molecule has 3 aliphatic heterocycles. The molecule has 0 amide bonds. The first-order valence-corrected chi connectivity index (χ1v) is 10.6.